The van der Waals surface area contributed by atoms with E-state index >= 15 is 0 Å². The van der Waals surface area contributed by atoms with Gasteiger partial charge < -0.3 is 20.9 Å². The third-order valence-corrected chi connectivity index (χ3v) is 6.64. The van der Waals surface area contributed by atoms with Crippen molar-refractivity contribution in [3.8, 4) is 0 Å². The summed E-state index contributed by atoms with van der Waals surface area (Å²) in [5.74, 6) is 0.469. The number of likely N-dealkylation sites (tertiary alicyclic amines) is 1. The monoisotopic (exact) mass is 470 g/mol. The molecule has 1 saturated heterocycles. The van der Waals surface area contributed by atoms with Crippen LogP contribution < -0.4 is 16.0 Å². The van der Waals surface area contributed by atoms with Crippen molar-refractivity contribution in [1.82, 2.24) is 25.5 Å². The van der Waals surface area contributed by atoms with Crippen LogP contribution >= 0.6 is 0 Å². The highest BCUT2D eigenvalue weighted by atomic mass is 19.1. The van der Waals surface area contributed by atoms with E-state index in [2.05, 4.69) is 46.7 Å². The molecule has 2 fully saturated rings. The fourth-order valence-electron chi connectivity index (χ4n) is 5.32. The number of carbonyl (C=O) groups excluding carboxylic acids is 2. The van der Waals surface area contributed by atoms with Crippen molar-refractivity contribution in [3.05, 3.63) is 30.1 Å². The lowest BCUT2D eigenvalue weighted by atomic mass is 9.84. The van der Waals surface area contributed by atoms with E-state index in [1.807, 2.05) is 4.90 Å². The first kappa shape index (κ1) is 24.3. The van der Waals surface area contributed by atoms with Gasteiger partial charge in [-0.15, -0.1) is 0 Å². The Bertz CT molecular complexity index is 1060. The number of halogens is 1. The van der Waals surface area contributed by atoms with Gasteiger partial charge in [-0.3, -0.25) is 9.59 Å². The topological polar surface area (TPSA) is 99.2 Å². The molecule has 9 heteroatoms. The summed E-state index contributed by atoms with van der Waals surface area (Å²) in [6.45, 7) is 7.99. The van der Waals surface area contributed by atoms with Gasteiger partial charge in [-0.1, -0.05) is 6.07 Å². The minimum atomic E-state index is -0.572. The number of rotatable bonds is 6. The number of benzene rings is 1. The molecule has 2 aliphatic rings. The largest absolute Gasteiger partial charge is 0.358 e. The smallest absolute Gasteiger partial charge is 0.245 e. The zero-order valence-electron chi connectivity index (χ0n) is 20.4. The molecule has 3 N–H and O–H groups in total. The Morgan fingerprint density at radius 2 is 2.00 bits per heavy atom. The second kappa shape index (κ2) is 9.82. The number of carbonyl (C=O) groups is 2. The van der Waals surface area contributed by atoms with Gasteiger partial charge in [0.05, 0.1) is 17.6 Å². The summed E-state index contributed by atoms with van der Waals surface area (Å²) in [6.07, 6.45) is 4.65. The molecule has 1 aliphatic carbocycles. The van der Waals surface area contributed by atoms with Crippen molar-refractivity contribution in [2.75, 3.05) is 11.9 Å². The maximum absolute atomic E-state index is 13.4. The van der Waals surface area contributed by atoms with Crippen LogP contribution in [0.5, 0.6) is 0 Å². The third kappa shape index (κ3) is 5.46. The SMILES string of the molecule is CC(=O)N[C@@H]1CC(NC(C)(C)C)CC[C@@H]1N1CCC(Nc2ncnc3ccc(CF)cc23)C1=O. The van der Waals surface area contributed by atoms with Crippen molar-refractivity contribution in [1.29, 1.82) is 0 Å². The maximum Gasteiger partial charge on any atom is 0.245 e. The summed E-state index contributed by atoms with van der Waals surface area (Å²) in [6, 6.07) is 4.93. The highest BCUT2D eigenvalue weighted by molar-refractivity contribution is 5.93. The van der Waals surface area contributed by atoms with Gasteiger partial charge in [0, 0.05) is 30.4 Å². The molecule has 4 rings (SSSR count). The quantitative estimate of drug-likeness (QED) is 0.600. The van der Waals surface area contributed by atoms with Gasteiger partial charge in [-0.05, 0) is 64.2 Å². The summed E-state index contributed by atoms with van der Waals surface area (Å²) in [5, 5.41) is 10.7. The molecule has 1 aromatic heterocycles. The van der Waals surface area contributed by atoms with Crippen molar-refractivity contribution >= 4 is 28.5 Å². The van der Waals surface area contributed by atoms with Crippen LogP contribution in [-0.2, 0) is 16.3 Å². The Morgan fingerprint density at radius 3 is 2.71 bits per heavy atom. The van der Waals surface area contributed by atoms with Crippen LogP contribution in [0.4, 0.5) is 10.2 Å². The van der Waals surface area contributed by atoms with Crippen molar-refractivity contribution < 1.29 is 14.0 Å². The summed E-state index contributed by atoms with van der Waals surface area (Å²) >= 11 is 0. The summed E-state index contributed by atoms with van der Waals surface area (Å²) in [5.41, 5.74) is 1.23. The molecule has 2 aromatic rings. The standard InChI is InChI=1S/C25H35FN6O2/c1-15(33)29-21-12-17(31-25(2,3)4)6-8-22(21)32-10-9-20(24(32)34)30-23-18-11-16(13-26)5-7-19(18)27-14-28-23/h5,7,11,14,17,20-22,31H,6,8-10,12-13H2,1-4H3,(H,29,33)(H,27,28,30)/t17?,20?,21-,22+/m1/s1. The first-order valence-electron chi connectivity index (χ1n) is 12.1. The number of hydrogen-bond acceptors (Lipinski definition) is 6. The average Bonchev–Trinajstić information content (AvgIpc) is 3.12. The van der Waals surface area contributed by atoms with E-state index in [9.17, 15) is 14.0 Å². The van der Waals surface area contributed by atoms with Gasteiger partial charge in [0.25, 0.3) is 0 Å². The first-order chi connectivity index (χ1) is 16.1. The minimum Gasteiger partial charge on any atom is -0.358 e. The molecular formula is C25H35FN6O2. The lowest BCUT2D eigenvalue weighted by molar-refractivity contribution is -0.132. The maximum atomic E-state index is 13.4. The van der Waals surface area contributed by atoms with Crippen molar-refractivity contribution in [3.63, 3.8) is 0 Å². The van der Waals surface area contributed by atoms with E-state index in [0.29, 0.717) is 35.2 Å². The lowest BCUT2D eigenvalue weighted by Crippen LogP contribution is -2.59. The molecule has 2 heterocycles. The van der Waals surface area contributed by atoms with Crippen LogP contribution in [0.1, 0.15) is 58.9 Å². The number of anilines is 1. The summed E-state index contributed by atoms with van der Waals surface area (Å²) in [7, 11) is 0. The van der Waals surface area contributed by atoms with Crippen LogP contribution in [0, 0.1) is 0 Å². The molecule has 0 bridgehead atoms. The summed E-state index contributed by atoms with van der Waals surface area (Å²) < 4.78 is 13.2. The molecule has 184 valence electrons. The van der Waals surface area contributed by atoms with E-state index in [-0.39, 0.29) is 35.5 Å². The number of fused-ring (bicyclic) bond motifs is 1. The Labute approximate surface area is 200 Å². The number of alkyl halides is 1. The molecule has 34 heavy (non-hydrogen) atoms. The van der Waals surface area contributed by atoms with Crippen molar-refractivity contribution in [2.45, 2.75) is 89.8 Å². The molecule has 2 unspecified atom stereocenters. The molecule has 8 nitrogen and oxygen atoms in total. The van der Waals surface area contributed by atoms with Crippen LogP contribution in [0.3, 0.4) is 0 Å². The number of hydrogen-bond donors (Lipinski definition) is 3. The van der Waals surface area contributed by atoms with E-state index in [0.717, 1.165) is 19.3 Å². The molecule has 1 saturated carbocycles. The molecule has 0 spiro atoms. The van der Waals surface area contributed by atoms with Gasteiger partial charge in [0.2, 0.25) is 11.8 Å². The van der Waals surface area contributed by atoms with E-state index in [4.69, 9.17) is 0 Å². The predicted molar refractivity (Wildman–Crippen MR) is 130 cm³/mol. The number of amides is 2. The average molecular weight is 471 g/mol. The van der Waals surface area contributed by atoms with E-state index in [1.165, 1.54) is 13.3 Å². The molecule has 1 aromatic carbocycles. The number of aromatic nitrogens is 2. The Hall–Kier alpha value is -2.81. The third-order valence-electron chi connectivity index (χ3n) is 6.64. The normalized spacial score (nSPS) is 25.6. The van der Waals surface area contributed by atoms with Gasteiger partial charge in [0.1, 0.15) is 24.9 Å². The highest BCUT2D eigenvalue weighted by Crippen LogP contribution is 2.30. The highest BCUT2D eigenvalue weighted by Gasteiger charge is 2.42. The van der Waals surface area contributed by atoms with Gasteiger partial charge >= 0.3 is 0 Å². The molecule has 2 amide bonds. The second-order valence-corrected chi connectivity index (χ2v) is 10.5. The Morgan fingerprint density at radius 1 is 1.21 bits per heavy atom. The molecular weight excluding hydrogens is 435 g/mol. The number of nitrogens with zero attached hydrogens (tertiary/aromatic N) is 3. The van der Waals surface area contributed by atoms with E-state index in [1.54, 1.807) is 18.2 Å². The van der Waals surface area contributed by atoms with Gasteiger partial charge in [-0.25, -0.2) is 14.4 Å². The van der Waals surface area contributed by atoms with Crippen LogP contribution in [0.2, 0.25) is 0 Å². The Kier molecular flexibility index (Phi) is 7.02. The van der Waals surface area contributed by atoms with Crippen molar-refractivity contribution in [2.24, 2.45) is 0 Å². The number of nitrogens with one attached hydrogen (secondary N) is 3. The first-order valence-corrected chi connectivity index (χ1v) is 12.1. The predicted octanol–water partition coefficient (Wildman–Crippen LogP) is 2.93. The zero-order valence-corrected chi connectivity index (χ0v) is 20.4. The lowest BCUT2D eigenvalue weighted by Gasteiger charge is -2.43. The minimum absolute atomic E-state index is 0.0102. The molecule has 4 atom stereocenters. The fraction of sp³-hybridized carbons (Fsp3) is 0.600. The van der Waals surface area contributed by atoms with Gasteiger partial charge in [0.15, 0.2) is 0 Å². The van der Waals surface area contributed by atoms with Crippen LogP contribution in [0.15, 0.2) is 24.5 Å². The van der Waals surface area contributed by atoms with E-state index < -0.39 is 12.7 Å². The fourth-order valence-corrected chi connectivity index (χ4v) is 5.32. The molecule has 0 radical (unpaired) electrons. The second-order valence-electron chi connectivity index (χ2n) is 10.5. The zero-order chi connectivity index (χ0) is 24.5. The van der Waals surface area contributed by atoms with Crippen LogP contribution in [-0.4, -0.2) is 62.9 Å². The Balaban J connectivity index is 1.49. The van der Waals surface area contributed by atoms with Gasteiger partial charge in [-0.2, -0.15) is 0 Å². The van der Waals surface area contributed by atoms with Crippen LogP contribution in [0.25, 0.3) is 10.9 Å². The summed E-state index contributed by atoms with van der Waals surface area (Å²) in [4.78, 5) is 35.9. The molecule has 1 aliphatic heterocycles.